The highest BCUT2D eigenvalue weighted by Gasteiger charge is 2.31. The number of aliphatic carboxylic acids is 1. The molecule has 0 fully saturated rings. The second-order valence-electron chi connectivity index (χ2n) is 5.69. The summed E-state index contributed by atoms with van der Waals surface area (Å²) in [5.41, 5.74) is -0.251. The molecular weight excluding hydrogens is 371 g/mol. The van der Waals surface area contributed by atoms with Crippen LogP contribution in [0.3, 0.4) is 0 Å². The summed E-state index contributed by atoms with van der Waals surface area (Å²) >= 11 is 5.79. The average molecular weight is 386 g/mol. The van der Waals surface area contributed by atoms with Gasteiger partial charge in [0.1, 0.15) is 0 Å². The van der Waals surface area contributed by atoms with E-state index in [2.05, 4.69) is 5.32 Å². The topological polar surface area (TPSA) is 66.4 Å². The molecule has 0 saturated heterocycles. The summed E-state index contributed by atoms with van der Waals surface area (Å²) < 4.78 is 38.3. The van der Waals surface area contributed by atoms with Gasteiger partial charge in [0.25, 0.3) is 0 Å². The Balaban J connectivity index is 2.16. The van der Waals surface area contributed by atoms with Crippen LogP contribution in [0.1, 0.15) is 17.5 Å². The highest BCUT2D eigenvalue weighted by molar-refractivity contribution is 6.30. The molecule has 4 nitrogen and oxygen atoms in total. The molecule has 1 atom stereocenters. The van der Waals surface area contributed by atoms with E-state index in [1.54, 1.807) is 24.3 Å². The molecule has 138 valence electrons. The Kier molecular flexibility index (Phi) is 6.26. The maximum Gasteiger partial charge on any atom is 0.416 e. The van der Waals surface area contributed by atoms with Crippen molar-refractivity contribution in [1.82, 2.24) is 0 Å². The van der Waals surface area contributed by atoms with Gasteiger partial charge in [0, 0.05) is 10.7 Å². The van der Waals surface area contributed by atoms with Gasteiger partial charge in [-0.1, -0.05) is 29.8 Å². The minimum atomic E-state index is -4.54. The number of anilines is 1. The number of halogens is 4. The molecule has 0 aliphatic carbocycles. The van der Waals surface area contributed by atoms with E-state index in [1.165, 1.54) is 12.1 Å². The van der Waals surface area contributed by atoms with Crippen LogP contribution in [0.4, 0.5) is 18.9 Å². The first-order chi connectivity index (χ1) is 12.1. The fourth-order valence-electron chi connectivity index (χ4n) is 2.39. The Bertz CT molecular complexity index is 791. The molecule has 0 aliphatic heterocycles. The van der Waals surface area contributed by atoms with Crippen molar-refractivity contribution in [2.45, 2.75) is 19.0 Å². The van der Waals surface area contributed by atoms with Gasteiger partial charge in [-0.25, -0.2) is 0 Å². The Labute approximate surface area is 152 Å². The Hall–Kier alpha value is -2.54. The third-order valence-corrected chi connectivity index (χ3v) is 3.90. The van der Waals surface area contributed by atoms with Crippen molar-refractivity contribution >= 4 is 29.2 Å². The predicted molar refractivity (Wildman–Crippen MR) is 91.0 cm³/mol. The first-order valence-electron chi connectivity index (χ1n) is 7.59. The molecule has 0 bridgehead atoms. The Morgan fingerprint density at radius 2 is 1.77 bits per heavy atom. The SMILES string of the molecule is O=C(O)C[C@H](Cc1ccc(Cl)cc1)C(=O)Nc1cccc(C(F)(F)F)c1. The van der Waals surface area contributed by atoms with Gasteiger partial charge in [-0.15, -0.1) is 0 Å². The molecule has 2 aromatic rings. The van der Waals surface area contributed by atoms with E-state index in [0.29, 0.717) is 10.6 Å². The number of rotatable bonds is 6. The molecule has 0 saturated carbocycles. The summed E-state index contributed by atoms with van der Waals surface area (Å²) in [5, 5.41) is 11.9. The lowest BCUT2D eigenvalue weighted by molar-refractivity contribution is -0.140. The summed E-state index contributed by atoms with van der Waals surface area (Å²) in [6.07, 6.45) is -4.87. The van der Waals surface area contributed by atoms with Gasteiger partial charge in [-0.2, -0.15) is 13.2 Å². The maximum absolute atomic E-state index is 12.8. The van der Waals surface area contributed by atoms with Crippen molar-refractivity contribution in [3.05, 3.63) is 64.7 Å². The maximum atomic E-state index is 12.8. The average Bonchev–Trinajstić information content (AvgIpc) is 2.55. The molecule has 0 unspecified atom stereocenters. The minimum absolute atomic E-state index is 0.0451. The summed E-state index contributed by atoms with van der Waals surface area (Å²) in [4.78, 5) is 23.4. The smallest absolute Gasteiger partial charge is 0.416 e. The molecule has 26 heavy (non-hydrogen) atoms. The molecule has 2 rings (SSSR count). The van der Waals surface area contributed by atoms with E-state index >= 15 is 0 Å². The molecule has 0 radical (unpaired) electrons. The van der Waals surface area contributed by atoms with Crippen molar-refractivity contribution in [2.24, 2.45) is 5.92 Å². The normalized spacial score (nSPS) is 12.5. The van der Waals surface area contributed by atoms with Crippen LogP contribution >= 0.6 is 11.6 Å². The third kappa shape index (κ3) is 5.77. The fourth-order valence-corrected chi connectivity index (χ4v) is 2.52. The summed E-state index contributed by atoms with van der Waals surface area (Å²) in [6.45, 7) is 0. The van der Waals surface area contributed by atoms with E-state index < -0.39 is 36.0 Å². The van der Waals surface area contributed by atoms with Crippen LogP contribution in [0, 0.1) is 5.92 Å². The van der Waals surface area contributed by atoms with Crippen molar-refractivity contribution < 1.29 is 27.9 Å². The van der Waals surface area contributed by atoms with Crippen LogP contribution in [0.2, 0.25) is 5.02 Å². The van der Waals surface area contributed by atoms with E-state index in [0.717, 1.165) is 12.1 Å². The zero-order valence-electron chi connectivity index (χ0n) is 13.4. The van der Waals surface area contributed by atoms with Crippen molar-refractivity contribution in [1.29, 1.82) is 0 Å². The lowest BCUT2D eigenvalue weighted by atomic mass is 9.95. The second kappa shape index (κ2) is 8.23. The Morgan fingerprint density at radius 3 is 2.35 bits per heavy atom. The summed E-state index contributed by atoms with van der Waals surface area (Å²) in [6, 6.07) is 10.7. The number of hydrogen-bond acceptors (Lipinski definition) is 2. The van der Waals surface area contributed by atoms with Crippen LogP contribution in [0.5, 0.6) is 0 Å². The highest BCUT2D eigenvalue weighted by atomic mass is 35.5. The lowest BCUT2D eigenvalue weighted by Gasteiger charge is -2.16. The Morgan fingerprint density at radius 1 is 1.12 bits per heavy atom. The van der Waals surface area contributed by atoms with Gasteiger partial charge in [0.15, 0.2) is 0 Å². The molecule has 2 aromatic carbocycles. The molecule has 0 aliphatic rings. The monoisotopic (exact) mass is 385 g/mol. The van der Waals surface area contributed by atoms with Gasteiger partial charge < -0.3 is 10.4 Å². The lowest BCUT2D eigenvalue weighted by Crippen LogP contribution is -2.27. The number of hydrogen-bond donors (Lipinski definition) is 2. The van der Waals surface area contributed by atoms with E-state index in [9.17, 15) is 22.8 Å². The number of carboxylic acid groups (broad SMARTS) is 1. The standard InChI is InChI=1S/C18H15ClF3NO3/c19-14-6-4-11(5-7-14)8-12(9-16(24)25)17(26)23-15-3-1-2-13(10-15)18(20,21)22/h1-7,10,12H,8-9H2,(H,23,26)(H,24,25)/t12-/m0/s1. The molecule has 0 spiro atoms. The molecule has 8 heteroatoms. The highest BCUT2D eigenvalue weighted by Crippen LogP contribution is 2.31. The zero-order chi connectivity index (χ0) is 19.3. The number of nitrogens with one attached hydrogen (secondary N) is 1. The van der Waals surface area contributed by atoms with Gasteiger partial charge in [0.05, 0.1) is 17.9 Å². The van der Waals surface area contributed by atoms with Crippen LogP contribution in [0.25, 0.3) is 0 Å². The fraction of sp³-hybridized carbons (Fsp3) is 0.222. The van der Waals surface area contributed by atoms with E-state index in [1.807, 2.05) is 0 Å². The zero-order valence-corrected chi connectivity index (χ0v) is 14.1. The molecule has 2 N–H and O–H groups in total. The molecule has 0 aromatic heterocycles. The van der Waals surface area contributed by atoms with Crippen molar-refractivity contribution in [3.63, 3.8) is 0 Å². The van der Waals surface area contributed by atoms with Gasteiger partial charge >= 0.3 is 12.1 Å². The first-order valence-corrected chi connectivity index (χ1v) is 7.97. The van der Waals surface area contributed by atoms with E-state index in [4.69, 9.17) is 16.7 Å². The number of carboxylic acids is 1. The van der Waals surface area contributed by atoms with Crippen molar-refractivity contribution in [3.8, 4) is 0 Å². The second-order valence-corrected chi connectivity index (χ2v) is 6.13. The molecular formula is C18H15ClF3NO3. The van der Waals surface area contributed by atoms with Crippen LogP contribution in [-0.4, -0.2) is 17.0 Å². The summed E-state index contributed by atoms with van der Waals surface area (Å²) in [7, 11) is 0. The number of carbonyl (C=O) groups is 2. The van der Waals surface area contributed by atoms with Gasteiger partial charge in [-0.3, -0.25) is 9.59 Å². The predicted octanol–water partition coefficient (Wildman–Crippen LogP) is 4.63. The van der Waals surface area contributed by atoms with Gasteiger partial charge in [0.2, 0.25) is 5.91 Å². The largest absolute Gasteiger partial charge is 0.481 e. The van der Waals surface area contributed by atoms with Crippen LogP contribution in [-0.2, 0) is 22.2 Å². The van der Waals surface area contributed by atoms with E-state index in [-0.39, 0.29) is 12.1 Å². The van der Waals surface area contributed by atoms with Gasteiger partial charge in [-0.05, 0) is 42.3 Å². The number of amides is 1. The third-order valence-electron chi connectivity index (χ3n) is 3.64. The van der Waals surface area contributed by atoms with Crippen molar-refractivity contribution in [2.75, 3.05) is 5.32 Å². The number of alkyl halides is 3. The number of benzene rings is 2. The van der Waals surface area contributed by atoms with Crippen LogP contribution in [0.15, 0.2) is 48.5 Å². The first kappa shape index (κ1) is 19.8. The number of carbonyl (C=O) groups excluding carboxylic acids is 1. The summed E-state index contributed by atoms with van der Waals surface area (Å²) in [5.74, 6) is -2.78. The molecule has 1 amide bonds. The molecule has 0 heterocycles. The quantitative estimate of drug-likeness (QED) is 0.761. The minimum Gasteiger partial charge on any atom is -0.481 e. The van der Waals surface area contributed by atoms with Crippen LogP contribution < -0.4 is 5.32 Å².